The molecule has 0 aromatic rings. The zero-order valence-corrected chi connectivity index (χ0v) is 6.56. The van der Waals surface area contributed by atoms with Gasteiger partial charge in [0, 0.05) is 0 Å². The van der Waals surface area contributed by atoms with Gasteiger partial charge in [-0.05, 0) is 12.8 Å². The van der Waals surface area contributed by atoms with Gasteiger partial charge in [-0.2, -0.15) is 0 Å². The Morgan fingerprint density at radius 1 is 1.17 bits per heavy atom. The average Bonchev–Trinajstić information content (AvgIpc) is 1.98. The van der Waals surface area contributed by atoms with Crippen LogP contribution in [0.25, 0.3) is 0 Å². The summed E-state index contributed by atoms with van der Waals surface area (Å²) in [6, 6.07) is -1.79. The van der Waals surface area contributed by atoms with E-state index < -0.39 is 24.0 Å². The number of aliphatic carboxylic acids is 1. The molecule has 1 unspecified atom stereocenters. The molecule has 0 saturated heterocycles. The van der Waals surface area contributed by atoms with E-state index in [1.807, 2.05) is 0 Å². The van der Waals surface area contributed by atoms with Gasteiger partial charge in [0.25, 0.3) is 0 Å². The van der Waals surface area contributed by atoms with E-state index in [9.17, 15) is 9.59 Å². The monoisotopic (exact) mass is 175 g/mol. The van der Waals surface area contributed by atoms with Gasteiger partial charge in [-0.15, -0.1) is 0 Å². The minimum atomic E-state index is -1.10. The van der Waals surface area contributed by atoms with Crippen molar-refractivity contribution in [3.05, 3.63) is 0 Å². The van der Waals surface area contributed by atoms with Gasteiger partial charge >= 0.3 is 5.97 Å². The van der Waals surface area contributed by atoms with Crippen LogP contribution in [-0.2, 0) is 9.59 Å². The standard InChI is InChI=1S/C6H13N3O3/c7-3(5(9)10)1-2-4(8)6(11)12/h3-4H,1-2,7-8H2,(H2,9,10)(H,11,12)/t3?,4-/m1/s1. The van der Waals surface area contributed by atoms with E-state index in [-0.39, 0.29) is 12.8 Å². The number of carbonyl (C=O) groups is 2. The highest BCUT2D eigenvalue weighted by Crippen LogP contribution is 1.97. The molecule has 0 saturated carbocycles. The molecule has 0 aromatic carbocycles. The van der Waals surface area contributed by atoms with Crippen molar-refractivity contribution >= 4 is 11.9 Å². The third-order valence-electron chi connectivity index (χ3n) is 1.47. The predicted molar refractivity (Wildman–Crippen MR) is 42.0 cm³/mol. The van der Waals surface area contributed by atoms with Gasteiger partial charge in [0.15, 0.2) is 0 Å². The van der Waals surface area contributed by atoms with Gasteiger partial charge in [-0.25, -0.2) is 0 Å². The molecule has 1 amide bonds. The van der Waals surface area contributed by atoms with Crippen LogP contribution in [0.1, 0.15) is 12.8 Å². The van der Waals surface area contributed by atoms with Crippen LogP contribution in [-0.4, -0.2) is 29.1 Å². The van der Waals surface area contributed by atoms with Crippen molar-refractivity contribution in [3.8, 4) is 0 Å². The normalized spacial score (nSPS) is 15.2. The minimum Gasteiger partial charge on any atom is -0.480 e. The molecule has 0 radical (unpaired) electrons. The second-order valence-electron chi connectivity index (χ2n) is 2.53. The molecule has 0 heterocycles. The molecule has 0 aliphatic carbocycles. The summed E-state index contributed by atoms with van der Waals surface area (Å²) in [5.41, 5.74) is 15.2. The quantitative estimate of drug-likeness (QED) is 0.383. The third kappa shape index (κ3) is 3.89. The van der Waals surface area contributed by atoms with Crippen molar-refractivity contribution in [1.82, 2.24) is 0 Å². The molecule has 0 bridgehead atoms. The molecule has 0 fully saturated rings. The molecule has 0 rings (SSSR count). The fourth-order valence-corrected chi connectivity index (χ4v) is 0.625. The maximum Gasteiger partial charge on any atom is 0.320 e. The first kappa shape index (κ1) is 10.9. The summed E-state index contributed by atoms with van der Waals surface area (Å²) in [6.45, 7) is 0. The number of amides is 1. The first-order chi connectivity index (χ1) is 5.45. The first-order valence-corrected chi connectivity index (χ1v) is 3.48. The summed E-state index contributed by atoms with van der Waals surface area (Å²) < 4.78 is 0. The van der Waals surface area contributed by atoms with Crippen LogP contribution in [0, 0.1) is 0 Å². The molecular formula is C6H13N3O3. The van der Waals surface area contributed by atoms with E-state index >= 15 is 0 Å². The third-order valence-corrected chi connectivity index (χ3v) is 1.47. The number of hydrogen-bond acceptors (Lipinski definition) is 4. The van der Waals surface area contributed by atoms with Crippen molar-refractivity contribution < 1.29 is 14.7 Å². The predicted octanol–water partition coefficient (Wildman–Crippen LogP) is -2.01. The fourth-order valence-electron chi connectivity index (χ4n) is 0.625. The Bertz CT molecular complexity index is 163. The lowest BCUT2D eigenvalue weighted by molar-refractivity contribution is -0.138. The lowest BCUT2D eigenvalue weighted by Gasteiger charge is -2.09. The van der Waals surface area contributed by atoms with Crippen LogP contribution >= 0.6 is 0 Å². The van der Waals surface area contributed by atoms with Gasteiger partial charge in [0.2, 0.25) is 5.91 Å². The van der Waals surface area contributed by atoms with Crippen molar-refractivity contribution in [2.75, 3.05) is 0 Å². The summed E-state index contributed by atoms with van der Waals surface area (Å²) >= 11 is 0. The van der Waals surface area contributed by atoms with Crippen LogP contribution in [0.3, 0.4) is 0 Å². The summed E-state index contributed by atoms with van der Waals surface area (Å²) in [7, 11) is 0. The second-order valence-corrected chi connectivity index (χ2v) is 2.53. The lowest BCUT2D eigenvalue weighted by atomic mass is 10.1. The summed E-state index contributed by atoms with van der Waals surface area (Å²) in [6.07, 6.45) is 0.349. The SMILES string of the molecule is NC(=O)C(N)CC[C@@H](N)C(=O)O. The largest absolute Gasteiger partial charge is 0.480 e. The van der Waals surface area contributed by atoms with Crippen LogP contribution in [0.4, 0.5) is 0 Å². The Morgan fingerprint density at radius 2 is 1.58 bits per heavy atom. The molecule has 2 atom stereocenters. The van der Waals surface area contributed by atoms with Gasteiger partial charge < -0.3 is 22.3 Å². The molecule has 0 aromatic heterocycles. The zero-order valence-electron chi connectivity index (χ0n) is 6.56. The Kier molecular flexibility index (Phi) is 4.24. The highest BCUT2D eigenvalue weighted by molar-refractivity contribution is 5.79. The number of nitrogens with two attached hydrogens (primary N) is 3. The van der Waals surface area contributed by atoms with Crippen molar-refractivity contribution in [2.45, 2.75) is 24.9 Å². The molecular weight excluding hydrogens is 162 g/mol. The van der Waals surface area contributed by atoms with Gasteiger partial charge in [0.1, 0.15) is 6.04 Å². The molecule has 0 aliphatic rings. The van der Waals surface area contributed by atoms with Crippen LogP contribution in [0.2, 0.25) is 0 Å². The van der Waals surface area contributed by atoms with Gasteiger partial charge in [0.05, 0.1) is 6.04 Å². The maximum atomic E-state index is 10.4. The number of carbonyl (C=O) groups excluding carboxylic acids is 1. The highest BCUT2D eigenvalue weighted by Gasteiger charge is 2.15. The average molecular weight is 175 g/mol. The number of carboxylic acid groups (broad SMARTS) is 1. The maximum absolute atomic E-state index is 10.4. The molecule has 6 heteroatoms. The number of carboxylic acids is 1. The highest BCUT2D eigenvalue weighted by atomic mass is 16.4. The molecule has 0 aliphatic heterocycles. The fraction of sp³-hybridized carbons (Fsp3) is 0.667. The summed E-state index contributed by atoms with van der Waals surface area (Å²) in [5.74, 6) is -1.75. The topological polar surface area (TPSA) is 132 Å². The number of primary amides is 1. The van der Waals surface area contributed by atoms with Crippen LogP contribution in [0.15, 0.2) is 0 Å². The molecule has 0 spiro atoms. The van der Waals surface area contributed by atoms with Gasteiger partial charge in [-0.1, -0.05) is 0 Å². The van der Waals surface area contributed by atoms with Crippen molar-refractivity contribution in [1.29, 1.82) is 0 Å². The molecule has 6 nitrogen and oxygen atoms in total. The molecule has 70 valence electrons. The summed E-state index contributed by atoms with van der Waals surface area (Å²) in [5, 5.41) is 8.35. The Balaban J connectivity index is 3.68. The molecule has 12 heavy (non-hydrogen) atoms. The van der Waals surface area contributed by atoms with Crippen molar-refractivity contribution in [2.24, 2.45) is 17.2 Å². The smallest absolute Gasteiger partial charge is 0.320 e. The Morgan fingerprint density at radius 3 is 1.92 bits per heavy atom. The van der Waals surface area contributed by atoms with E-state index in [0.29, 0.717) is 0 Å². The second kappa shape index (κ2) is 4.68. The van der Waals surface area contributed by atoms with E-state index in [1.54, 1.807) is 0 Å². The van der Waals surface area contributed by atoms with E-state index in [1.165, 1.54) is 0 Å². The lowest BCUT2D eigenvalue weighted by Crippen LogP contribution is -2.39. The van der Waals surface area contributed by atoms with Crippen LogP contribution in [0.5, 0.6) is 0 Å². The number of rotatable bonds is 5. The van der Waals surface area contributed by atoms with E-state index in [4.69, 9.17) is 22.3 Å². The van der Waals surface area contributed by atoms with E-state index in [2.05, 4.69) is 0 Å². The minimum absolute atomic E-state index is 0.152. The Labute approximate surface area is 69.7 Å². The zero-order chi connectivity index (χ0) is 9.72. The van der Waals surface area contributed by atoms with E-state index in [0.717, 1.165) is 0 Å². The molecule has 7 N–H and O–H groups in total. The first-order valence-electron chi connectivity index (χ1n) is 3.48. The summed E-state index contributed by atoms with van der Waals surface area (Å²) in [4.78, 5) is 20.6. The van der Waals surface area contributed by atoms with Crippen LogP contribution < -0.4 is 17.2 Å². The Hall–Kier alpha value is -1.14. The number of hydrogen-bond donors (Lipinski definition) is 4. The van der Waals surface area contributed by atoms with Crippen molar-refractivity contribution in [3.63, 3.8) is 0 Å². The van der Waals surface area contributed by atoms with Gasteiger partial charge in [-0.3, -0.25) is 9.59 Å².